The Morgan fingerprint density at radius 2 is 1.78 bits per heavy atom. The fourth-order valence-corrected chi connectivity index (χ4v) is 1.97. The van der Waals surface area contributed by atoms with Gasteiger partial charge >= 0.3 is 0 Å². The highest BCUT2D eigenvalue weighted by Gasteiger charge is 2.09. The van der Waals surface area contributed by atoms with E-state index in [1.54, 1.807) is 18.3 Å². The maximum absolute atomic E-state index is 12.1. The maximum Gasteiger partial charge on any atom is 0.257 e. The predicted octanol–water partition coefficient (Wildman–Crippen LogP) is 3.26. The number of rotatable bonds is 2. The Morgan fingerprint density at radius 3 is 2.39 bits per heavy atom. The molecule has 2 aromatic rings. The van der Waals surface area contributed by atoms with Crippen LogP contribution < -0.4 is 5.32 Å². The number of nitrogens with one attached hydrogen (secondary N) is 1. The normalized spacial score (nSPS) is 10.2. The van der Waals surface area contributed by atoms with E-state index in [1.807, 2.05) is 32.9 Å². The quantitative estimate of drug-likeness (QED) is 0.875. The van der Waals surface area contributed by atoms with Gasteiger partial charge in [0, 0.05) is 17.6 Å². The Morgan fingerprint density at radius 1 is 1.11 bits per heavy atom. The molecule has 0 spiro atoms. The van der Waals surface area contributed by atoms with Crippen molar-refractivity contribution in [3.63, 3.8) is 0 Å². The minimum Gasteiger partial charge on any atom is -0.322 e. The minimum absolute atomic E-state index is 0.120. The van der Waals surface area contributed by atoms with Gasteiger partial charge in [0.15, 0.2) is 0 Å². The summed E-state index contributed by atoms with van der Waals surface area (Å²) in [5, 5.41) is 2.90. The van der Waals surface area contributed by atoms with Crippen LogP contribution in [-0.2, 0) is 0 Å². The molecule has 92 valence electrons. The predicted molar refractivity (Wildman–Crippen MR) is 72.8 cm³/mol. The number of aromatic nitrogens is 1. The van der Waals surface area contributed by atoms with Gasteiger partial charge in [-0.1, -0.05) is 6.07 Å². The largest absolute Gasteiger partial charge is 0.322 e. The molecule has 1 amide bonds. The number of anilines is 1. The van der Waals surface area contributed by atoms with Crippen molar-refractivity contribution in [2.45, 2.75) is 20.8 Å². The first-order valence-electron chi connectivity index (χ1n) is 5.87. The highest BCUT2D eigenvalue weighted by Crippen LogP contribution is 2.15. The van der Waals surface area contributed by atoms with E-state index >= 15 is 0 Å². The molecule has 0 atom stereocenters. The number of carbonyl (C=O) groups is 1. The average Bonchev–Trinajstić information content (AvgIpc) is 2.27. The Kier molecular flexibility index (Phi) is 3.42. The van der Waals surface area contributed by atoms with Gasteiger partial charge < -0.3 is 5.32 Å². The smallest absolute Gasteiger partial charge is 0.257 e. The molecule has 3 heteroatoms. The Bertz CT molecular complexity index is 571. The SMILES string of the molecule is Cc1cc(C)cc(NC(=O)c2cccnc2C)c1. The second-order valence-electron chi connectivity index (χ2n) is 4.47. The highest BCUT2D eigenvalue weighted by atomic mass is 16.1. The van der Waals surface area contributed by atoms with Crippen LogP contribution in [0.25, 0.3) is 0 Å². The second-order valence-corrected chi connectivity index (χ2v) is 4.47. The summed E-state index contributed by atoms with van der Waals surface area (Å²) >= 11 is 0. The summed E-state index contributed by atoms with van der Waals surface area (Å²) in [6.07, 6.45) is 1.68. The molecule has 0 radical (unpaired) electrons. The van der Waals surface area contributed by atoms with Gasteiger partial charge in [-0.2, -0.15) is 0 Å². The van der Waals surface area contributed by atoms with Crippen molar-refractivity contribution in [1.82, 2.24) is 4.98 Å². The van der Waals surface area contributed by atoms with Crippen LogP contribution in [-0.4, -0.2) is 10.9 Å². The third-order valence-electron chi connectivity index (χ3n) is 2.73. The molecule has 1 aromatic carbocycles. The molecule has 0 aliphatic heterocycles. The molecule has 1 heterocycles. The molecule has 0 aliphatic carbocycles. The first kappa shape index (κ1) is 12.3. The number of amides is 1. The van der Waals surface area contributed by atoms with Crippen LogP contribution >= 0.6 is 0 Å². The fraction of sp³-hybridized carbons (Fsp3) is 0.200. The zero-order valence-electron chi connectivity index (χ0n) is 10.8. The van der Waals surface area contributed by atoms with Crippen molar-refractivity contribution in [3.8, 4) is 0 Å². The lowest BCUT2D eigenvalue weighted by Gasteiger charge is -2.08. The summed E-state index contributed by atoms with van der Waals surface area (Å²) in [6, 6.07) is 9.53. The number of aryl methyl sites for hydroxylation is 3. The lowest BCUT2D eigenvalue weighted by Crippen LogP contribution is -2.14. The number of carbonyl (C=O) groups excluding carboxylic acids is 1. The average molecular weight is 240 g/mol. The molecule has 0 aliphatic rings. The van der Waals surface area contributed by atoms with Gasteiger partial charge in [-0.15, -0.1) is 0 Å². The van der Waals surface area contributed by atoms with Crippen LogP contribution in [0.3, 0.4) is 0 Å². The van der Waals surface area contributed by atoms with Gasteiger partial charge in [0.25, 0.3) is 5.91 Å². The van der Waals surface area contributed by atoms with E-state index in [0.29, 0.717) is 5.56 Å². The van der Waals surface area contributed by atoms with E-state index in [-0.39, 0.29) is 5.91 Å². The monoisotopic (exact) mass is 240 g/mol. The lowest BCUT2D eigenvalue weighted by molar-refractivity contribution is 0.102. The van der Waals surface area contributed by atoms with Gasteiger partial charge in [0.2, 0.25) is 0 Å². The van der Waals surface area contributed by atoms with Crippen LogP contribution in [0.2, 0.25) is 0 Å². The lowest BCUT2D eigenvalue weighted by atomic mass is 10.1. The van der Waals surface area contributed by atoms with Crippen LogP contribution in [0.15, 0.2) is 36.5 Å². The molecule has 0 fully saturated rings. The standard InChI is InChI=1S/C15H16N2O/c1-10-7-11(2)9-13(8-10)17-15(18)14-5-4-6-16-12(14)3/h4-9H,1-3H3,(H,17,18). The van der Waals surface area contributed by atoms with E-state index in [9.17, 15) is 4.79 Å². The molecule has 1 N–H and O–H groups in total. The Hall–Kier alpha value is -2.16. The zero-order valence-corrected chi connectivity index (χ0v) is 10.8. The van der Waals surface area contributed by atoms with Gasteiger partial charge in [0.1, 0.15) is 0 Å². The number of hydrogen-bond donors (Lipinski definition) is 1. The number of pyridine rings is 1. The van der Waals surface area contributed by atoms with E-state index in [0.717, 1.165) is 22.5 Å². The minimum atomic E-state index is -0.120. The zero-order chi connectivity index (χ0) is 13.1. The van der Waals surface area contributed by atoms with Crippen molar-refractivity contribution in [2.75, 3.05) is 5.32 Å². The summed E-state index contributed by atoms with van der Waals surface area (Å²) in [5.41, 5.74) is 4.43. The fourth-order valence-electron chi connectivity index (χ4n) is 1.97. The van der Waals surface area contributed by atoms with Gasteiger partial charge in [-0.25, -0.2) is 0 Å². The third-order valence-corrected chi connectivity index (χ3v) is 2.73. The van der Waals surface area contributed by atoms with Crippen molar-refractivity contribution < 1.29 is 4.79 Å². The second kappa shape index (κ2) is 5.00. The molecular formula is C15H16N2O. The number of nitrogens with zero attached hydrogens (tertiary/aromatic N) is 1. The van der Waals surface area contributed by atoms with Gasteiger partial charge in [-0.3, -0.25) is 9.78 Å². The Labute approximate surface area is 107 Å². The molecular weight excluding hydrogens is 224 g/mol. The maximum atomic E-state index is 12.1. The van der Waals surface area contributed by atoms with Crippen molar-refractivity contribution in [3.05, 3.63) is 58.9 Å². The topological polar surface area (TPSA) is 42.0 Å². The van der Waals surface area contributed by atoms with Crippen LogP contribution in [0, 0.1) is 20.8 Å². The van der Waals surface area contributed by atoms with E-state index in [4.69, 9.17) is 0 Å². The van der Waals surface area contributed by atoms with E-state index < -0.39 is 0 Å². The molecule has 1 aromatic heterocycles. The van der Waals surface area contributed by atoms with Gasteiger partial charge in [-0.05, 0) is 56.2 Å². The van der Waals surface area contributed by atoms with Crippen LogP contribution in [0.4, 0.5) is 5.69 Å². The highest BCUT2D eigenvalue weighted by molar-refractivity contribution is 6.05. The van der Waals surface area contributed by atoms with Crippen molar-refractivity contribution in [1.29, 1.82) is 0 Å². The summed E-state index contributed by atoms with van der Waals surface area (Å²) < 4.78 is 0. The van der Waals surface area contributed by atoms with E-state index in [2.05, 4.69) is 16.4 Å². The molecule has 0 saturated carbocycles. The molecule has 3 nitrogen and oxygen atoms in total. The molecule has 0 saturated heterocycles. The summed E-state index contributed by atoms with van der Waals surface area (Å²) in [4.78, 5) is 16.2. The summed E-state index contributed by atoms with van der Waals surface area (Å²) in [7, 11) is 0. The summed E-state index contributed by atoms with van der Waals surface area (Å²) in [6.45, 7) is 5.85. The van der Waals surface area contributed by atoms with Crippen molar-refractivity contribution in [2.24, 2.45) is 0 Å². The molecule has 18 heavy (non-hydrogen) atoms. The summed E-state index contributed by atoms with van der Waals surface area (Å²) in [5.74, 6) is -0.120. The van der Waals surface area contributed by atoms with E-state index in [1.165, 1.54) is 0 Å². The first-order valence-corrected chi connectivity index (χ1v) is 5.87. The molecule has 0 unspecified atom stereocenters. The van der Waals surface area contributed by atoms with Crippen LogP contribution in [0.5, 0.6) is 0 Å². The third kappa shape index (κ3) is 2.74. The molecule has 0 bridgehead atoms. The molecule has 2 rings (SSSR count). The number of benzene rings is 1. The van der Waals surface area contributed by atoms with Crippen LogP contribution in [0.1, 0.15) is 27.2 Å². The first-order chi connectivity index (χ1) is 8.56. The number of hydrogen-bond acceptors (Lipinski definition) is 2. The van der Waals surface area contributed by atoms with Gasteiger partial charge in [0.05, 0.1) is 5.56 Å². The Balaban J connectivity index is 2.24. The van der Waals surface area contributed by atoms with Crippen molar-refractivity contribution >= 4 is 11.6 Å².